The fourth-order valence-electron chi connectivity index (χ4n) is 2.46. The number of aromatic nitrogens is 2. The lowest BCUT2D eigenvalue weighted by atomic mass is 9.82. The highest BCUT2D eigenvalue weighted by Crippen LogP contribution is 2.31. The molecule has 3 nitrogen and oxygen atoms in total. The molecular weight excluding hydrogens is 210 g/mol. The molecule has 17 heavy (non-hydrogen) atoms. The van der Waals surface area contributed by atoms with Crippen LogP contribution in [0.25, 0.3) is 5.69 Å². The lowest BCUT2D eigenvalue weighted by molar-refractivity contribution is 0.309. The van der Waals surface area contributed by atoms with E-state index in [2.05, 4.69) is 41.5 Å². The second-order valence-electron chi connectivity index (χ2n) is 4.90. The molecule has 2 aromatic rings. The van der Waals surface area contributed by atoms with Crippen LogP contribution in [0.1, 0.15) is 19.8 Å². The van der Waals surface area contributed by atoms with Gasteiger partial charge in [-0.1, -0.05) is 19.1 Å². The van der Waals surface area contributed by atoms with Gasteiger partial charge in [-0.3, -0.25) is 0 Å². The van der Waals surface area contributed by atoms with E-state index in [1.807, 2.05) is 23.3 Å². The third kappa shape index (κ3) is 2.05. The molecule has 0 amide bonds. The number of hydrogen-bond acceptors (Lipinski definition) is 2. The SMILES string of the molecule is CC1CC(Nc2ccccc2-n2ccnc2)C1. The fourth-order valence-corrected chi connectivity index (χ4v) is 2.46. The fraction of sp³-hybridized carbons (Fsp3) is 0.357. The third-order valence-electron chi connectivity index (χ3n) is 3.42. The second-order valence-corrected chi connectivity index (χ2v) is 4.90. The second kappa shape index (κ2) is 4.24. The average molecular weight is 227 g/mol. The quantitative estimate of drug-likeness (QED) is 0.873. The Morgan fingerprint density at radius 2 is 2.12 bits per heavy atom. The Balaban J connectivity index is 1.84. The van der Waals surface area contributed by atoms with E-state index in [9.17, 15) is 0 Å². The molecule has 1 aromatic carbocycles. The highest BCUT2D eigenvalue weighted by atomic mass is 15.1. The predicted molar refractivity (Wildman–Crippen MR) is 69.4 cm³/mol. The summed E-state index contributed by atoms with van der Waals surface area (Å²) in [7, 11) is 0. The number of hydrogen-bond donors (Lipinski definition) is 1. The number of nitrogens with zero attached hydrogens (tertiary/aromatic N) is 2. The molecule has 0 aliphatic heterocycles. The van der Waals surface area contributed by atoms with Crippen LogP contribution < -0.4 is 5.32 Å². The number of anilines is 1. The smallest absolute Gasteiger partial charge is 0.0992 e. The summed E-state index contributed by atoms with van der Waals surface area (Å²) in [5.74, 6) is 0.868. The summed E-state index contributed by atoms with van der Waals surface area (Å²) in [6.07, 6.45) is 8.17. The molecule has 0 spiro atoms. The van der Waals surface area contributed by atoms with Crippen LogP contribution in [-0.4, -0.2) is 15.6 Å². The van der Waals surface area contributed by atoms with Crippen LogP contribution >= 0.6 is 0 Å². The maximum Gasteiger partial charge on any atom is 0.0992 e. The Kier molecular flexibility index (Phi) is 2.59. The molecule has 1 saturated carbocycles. The molecule has 3 heteroatoms. The molecule has 1 aromatic heterocycles. The minimum atomic E-state index is 0.634. The van der Waals surface area contributed by atoms with Gasteiger partial charge in [-0.05, 0) is 30.9 Å². The van der Waals surface area contributed by atoms with Gasteiger partial charge >= 0.3 is 0 Å². The molecule has 1 N–H and O–H groups in total. The van der Waals surface area contributed by atoms with Gasteiger partial charge in [0.15, 0.2) is 0 Å². The Labute approximate surface area is 101 Å². The van der Waals surface area contributed by atoms with Crippen molar-refractivity contribution in [1.82, 2.24) is 9.55 Å². The van der Waals surface area contributed by atoms with Crippen molar-refractivity contribution in [3.05, 3.63) is 43.0 Å². The van der Waals surface area contributed by atoms with Crippen molar-refractivity contribution >= 4 is 5.69 Å². The van der Waals surface area contributed by atoms with Crippen LogP contribution in [-0.2, 0) is 0 Å². The standard InChI is InChI=1S/C14H17N3/c1-11-8-12(9-11)16-13-4-2-3-5-14(13)17-7-6-15-10-17/h2-7,10-12,16H,8-9H2,1H3. The highest BCUT2D eigenvalue weighted by Gasteiger charge is 2.25. The average Bonchev–Trinajstić information content (AvgIpc) is 2.81. The number of imidazole rings is 1. The largest absolute Gasteiger partial charge is 0.381 e. The lowest BCUT2D eigenvalue weighted by Gasteiger charge is -2.34. The van der Waals surface area contributed by atoms with E-state index in [-0.39, 0.29) is 0 Å². The first kappa shape index (κ1) is 10.4. The van der Waals surface area contributed by atoms with Crippen molar-refractivity contribution in [1.29, 1.82) is 0 Å². The molecule has 1 fully saturated rings. The molecule has 3 rings (SSSR count). The molecule has 0 atom stereocenters. The van der Waals surface area contributed by atoms with Gasteiger partial charge in [0.1, 0.15) is 0 Å². The number of nitrogens with one attached hydrogen (secondary N) is 1. The monoisotopic (exact) mass is 227 g/mol. The lowest BCUT2D eigenvalue weighted by Crippen LogP contribution is -2.34. The van der Waals surface area contributed by atoms with Crippen LogP contribution in [0.2, 0.25) is 0 Å². The molecular formula is C14H17N3. The van der Waals surface area contributed by atoms with E-state index in [4.69, 9.17) is 0 Å². The van der Waals surface area contributed by atoms with Gasteiger partial charge in [0.2, 0.25) is 0 Å². The summed E-state index contributed by atoms with van der Waals surface area (Å²) in [6.45, 7) is 2.31. The normalized spacial score (nSPS) is 23.1. The summed E-state index contributed by atoms with van der Waals surface area (Å²) < 4.78 is 2.05. The third-order valence-corrected chi connectivity index (χ3v) is 3.42. The van der Waals surface area contributed by atoms with Crippen LogP contribution in [0.15, 0.2) is 43.0 Å². The van der Waals surface area contributed by atoms with Crippen molar-refractivity contribution in [2.75, 3.05) is 5.32 Å². The minimum Gasteiger partial charge on any atom is -0.381 e. The van der Waals surface area contributed by atoms with Gasteiger partial charge in [-0.2, -0.15) is 0 Å². The van der Waals surface area contributed by atoms with E-state index >= 15 is 0 Å². The van der Waals surface area contributed by atoms with Crippen molar-refractivity contribution < 1.29 is 0 Å². The Hall–Kier alpha value is -1.77. The van der Waals surface area contributed by atoms with E-state index in [0.29, 0.717) is 6.04 Å². The van der Waals surface area contributed by atoms with Crippen molar-refractivity contribution in [3.8, 4) is 5.69 Å². The minimum absolute atomic E-state index is 0.634. The summed E-state index contributed by atoms with van der Waals surface area (Å²) in [5.41, 5.74) is 2.37. The summed E-state index contributed by atoms with van der Waals surface area (Å²) in [6, 6.07) is 9.02. The molecule has 1 heterocycles. The van der Waals surface area contributed by atoms with Crippen molar-refractivity contribution in [2.45, 2.75) is 25.8 Å². The van der Waals surface area contributed by atoms with E-state index < -0.39 is 0 Å². The Bertz CT molecular complexity index is 484. The highest BCUT2D eigenvalue weighted by molar-refractivity contribution is 5.61. The van der Waals surface area contributed by atoms with Gasteiger partial charge in [-0.15, -0.1) is 0 Å². The van der Waals surface area contributed by atoms with Gasteiger partial charge in [0.05, 0.1) is 17.7 Å². The van der Waals surface area contributed by atoms with Crippen LogP contribution in [0, 0.1) is 5.92 Å². The van der Waals surface area contributed by atoms with Gasteiger partial charge in [-0.25, -0.2) is 4.98 Å². The molecule has 0 unspecified atom stereocenters. The molecule has 88 valence electrons. The zero-order chi connectivity index (χ0) is 11.7. The van der Waals surface area contributed by atoms with E-state index in [1.54, 1.807) is 0 Å². The van der Waals surface area contributed by atoms with Crippen LogP contribution in [0.5, 0.6) is 0 Å². The van der Waals surface area contributed by atoms with Crippen LogP contribution in [0.3, 0.4) is 0 Å². The molecule has 1 aliphatic rings. The molecule has 1 aliphatic carbocycles. The number of benzene rings is 1. The van der Waals surface area contributed by atoms with Gasteiger partial charge < -0.3 is 9.88 Å². The maximum atomic E-state index is 4.10. The first-order chi connectivity index (χ1) is 8.33. The van der Waals surface area contributed by atoms with E-state index in [1.165, 1.54) is 24.2 Å². The number of para-hydroxylation sites is 2. The molecule has 0 radical (unpaired) electrons. The van der Waals surface area contributed by atoms with Crippen molar-refractivity contribution in [2.24, 2.45) is 5.92 Å². The molecule has 0 bridgehead atoms. The van der Waals surface area contributed by atoms with Crippen molar-refractivity contribution in [3.63, 3.8) is 0 Å². The Morgan fingerprint density at radius 3 is 2.82 bits per heavy atom. The topological polar surface area (TPSA) is 29.9 Å². The first-order valence-corrected chi connectivity index (χ1v) is 6.17. The number of rotatable bonds is 3. The Morgan fingerprint density at radius 1 is 1.29 bits per heavy atom. The van der Waals surface area contributed by atoms with E-state index in [0.717, 1.165) is 5.92 Å². The predicted octanol–water partition coefficient (Wildman–Crippen LogP) is 3.08. The summed E-state index contributed by atoms with van der Waals surface area (Å²) in [4.78, 5) is 4.10. The summed E-state index contributed by atoms with van der Waals surface area (Å²) in [5, 5.41) is 3.62. The zero-order valence-corrected chi connectivity index (χ0v) is 10.0. The van der Waals surface area contributed by atoms with Gasteiger partial charge in [0.25, 0.3) is 0 Å². The summed E-state index contributed by atoms with van der Waals surface area (Å²) >= 11 is 0. The molecule has 0 saturated heterocycles. The first-order valence-electron chi connectivity index (χ1n) is 6.17. The van der Waals surface area contributed by atoms with Crippen LogP contribution in [0.4, 0.5) is 5.69 Å². The maximum absolute atomic E-state index is 4.10. The van der Waals surface area contributed by atoms with Gasteiger partial charge in [0, 0.05) is 18.4 Å². The zero-order valence-electron chi connectivity index (χ0n) is 10.0.